The maximum absolute atomic E-state index is 11.6. The molecule has 1 aromatic heterocycles. The van der Waals surface area contributed by atoms with Gasteiger partial charge in [0.2, 0.25) is 5.16 Å². The van der Waals surface area contributed by atoms with Gasteiger partial charge in [-0.25, -0.2) is 4.79 Å². The smallest absolute Gasteiger partial charge is 0.343 e. The summed E-state index contributed by atoms with van der Waals surface area (Å²) in [5.41, 5.74) is 0.444. The average Bonchev–Trinajstić information content (AvgIpc) is 3.01. The highest BCUT2D eigenvalue weighted by atomic mass is 35.5. The Morgan fingerprint density at radius 3 is 2.67 bits per heavy atom. The summed E-state index contributed by atoms with van der Waals surface area (Å²) in [7, 11) is 1.19. The fourth-order valence-corrected chi connectivity index (χ4v) is 2.70. The predicted molar refractivity (Wildman–Crippen MR) is 90.0 cm³/mol. The van der Waals surface area contributed by atoms with Crippen LogP contribution in [-0.2, 0) is 9.53 Å². The van der Waals surface area contributed by atoms with Crippen molar-refractivity contribution in [2.75, 3.05) is 12.9 Å². The van der Waals surface area contributed by atoms with Crippen molar-refractivity contribution in [3.05, 3.63) is 40.6 Å². The number of tetrazole rings is 1. The van der Waals surface area contributed by atoms with Crippen LogP contribution in [0.15, 0.2) is 40.8 Å². The Bertz CT molecular complexity index is 788. The molecule has 0 atom stereocenters. The van der Waals surface area contributed by atoms with E-state index < -0.39 is 5.97 Å². The quantitative estimate of drug-likeness (QED) is 0.265. The number of benzene rings is 1. The first-order valence-corrected chi connectivity index (χ1v) is 8.03. The van der Waals surface area contributed by atoms with E-state index in [2.05, 4.69) is 20.3 Å². The lowest BCUT2D eigenvalue weighted by molar-refractivity contribution is -0.135. The maximum atomic E-state index is 11.6. The summed E-state index contributed by atoms with van der Waals surface area (Å²) in [4.78, 5) is 11.6. The molecule has 0 spiro atoms. The Labute approximate surface area is 147 Å². The van der Waals surface area contributed by atoms with E-state index >= 15 is 0 Å². The van der Waals surface area contributed by atoms with Crippen LogP contribution in [0.25, 0.3) is 5.69 Å². The summed E-state index contributed by atoms with van der Waals surface area (Å²) in [6.07, 6.45) is 0. The van der Waals surface area contributed by atoms with E-state index in [1.165, 1.54) is 18.7 Å². The lowest BCUT2D eigenvalue weighted by Crippen LogP contribution is -2.15. The van der Waals surface area contributed by atoms with E-state index in [0.29, 0.717) is 15.9 Å². The molecule has 0 aliphatic heterocycles. The summed E-state index contributed by atoms with van der Waals surface area (Å²) in [6.45, 7) is 1.39. The molecule has 0 unspecified atom stereocenters. The third kappa shape index (κ3) is 4.12. The summed E-state index contributed by atoms with van der Waals surface area (Å²) in [6, 6.07) is 6.91. The number of rotatable bonds is 6. The Morgan fingerprint density at radius 1 is 1.42 bits per heavy atom. The van der Waals surface area contributed by atoms with Crippen molar-refractivity contribution in [3.63, 3.8) is 0 Å². The molecule has 24 heavy (non-hydrogen) atoms. The number of carbonyl (C=O) groups excluding carboxylic acids is 1. The number of hydrogen-bond acceptors (Lipinski definition) is 8. The van der Waals surface area contributed by atoms with Crippen LogP contribution in [0.3, 0.4) is 0 Å². The standard InChI is InChI=1S/C14H14ClN5O3S/c1-8(16)12(13(22)23-2)11(21)7-24-14-17-18-19-20(14)10-5-3-9(15)4-6-10/h3-6,16,21H,7H2,1-2H3/b12-11+,16-8?. The molecule has 1 aromatic carbocycles. The van der Waals surface area contributed by atoms with Gasteiger partial charge in [0.1, 0.15) is 11.3 Å². The number of hydrogen-bond donors (Lipinski definition) is 2. The third-order valence-corrected chi connectivity index (χ3v) is 4.09. The van der Waals surface area contributed by atoms with Crippen molar-refractivity contribution in [1.82, 2.24) is 20.2 Å². The minimum absolute atomic E-state index is 0.00855. The van der Waals surface area contributed by atoms with E-state index in [1.54, 1.807) is 24.3 Å². The number of carbonyl (C=O) groups is 1. The van der Waals surface area contributed by atoms with Crippen LogP contribution in [0.1, 0.15) is 6.92 Å². The number of halogens is 1. The molecule has 0 bridgehead atoms. The monoisotopic (exact) mass is 367 g/mol. The highest BCUT2D eigenvalue weighted by molar-refractivity contribution is 7.99. The van der Waals surface area contributed by atoms with Gasteiger partial charge in [0.15, 0.2) is 0 Å². The van der Waals surface area contributed by atoms with Crippen molar-refractivity contribution in [1.29, 1.82) is 5.41 Å². The van der Waals surface area contributed by atoms with Gasteiger partial charge < -0.3 is 15.3 Å². The van der Waals surface area contributed by atoms with Crippen LogP contribution in [0.5, 0.6) is 0 Å². The van der Waals surface area contributed by atoms with E-state index in [0.717, 1.165) is 11.8 Å². The van der Waals surface area contributed by atoms with Gasteiger partial charge in [-0.2, -0.15) is 4.68 Å². The Balaban J connectivity index is 2.21. The molecule has 2 aromatic rings. The summed E-state index contributed by atoms with van der Waals surface area (Å²) in [5.74, 6) is -1.03. The molecule has 0 amide bonds. The summed E-state index contributed by atoms with van der Waals surface area (Å²) >= 11 is 6.97. The highest BCUT2D eigenvalue weighted by Crippen LogP contribution is 2.22. The molecule has 1 heterocycles. The third-order valence-electron chi connectivity index (χ3n) is 2.90. The second kappa shape index (κ2) is 7.93. The SMILES string of the molecule is COC(=O)/C(C(C)=N)=C(/O)CSc1nnnn1-c1ccc(Cl)cc1. The van der Waals surface area contributed by atoms with Crippen molar-refractivity contribution >= 4 is 35.0 Å². The summed E-state index contributed by atoms with van der Waals surface area (Å²) < 4.78 is 6.05. The van der Waals surface area contributed by atoms with E-state index in [-0.39, 0.29) is 22.8 Å². The molecule has 8 nitrogen and oxygen atoms in total. The van der Waals surface area contributed by atoms with Crippen LogP contribution in [0, 0.1) is 5.41 Å². The summed E-state index contributed by atoms with van der Waals surface area (Å²) in [5, 5.41) is 30.1. The first-order chi connectivity index (χ1) is 11.4. The molecule has 0 saturated heterocycles. The lowest BCUT2D eigenvalue weighted by Gasteiger charge is -2.08. The number of ether oxygens (including phenoxy) is 1. The van der Waals surface area contributed by atoms with Gasteiger partial charge >= 0.3 is 5.97 Å². The average molecular weight is 368 g/mol. The molecule has 2 rings (SSSR count). The van der Waals surface area contributed by atoms with Gasteiger partial charge in [-0.1, -0.05) is 23.4 Å². The molecule has 0 aliphatic rings. The van der Waals surface area contributed by atoms with Crippen LogP contribution >= 0.6 is 23.4 Å². The van der Waals surface area contributed by atoms with Gasteiger partial charge in [-0.3, -0.25) is 0 Å². The number of nitrogens with zero attached hydrogens (tertiary/aromatic N) is 4. The zero-order valence-corrected chi connectivity index (χ0v) is 14.4. The van der Waals surface area contributed by atoms with Crippen molar-refractivity contribution < 1.29 is 14.6 Å². The highest BCUT2D eigenvalue weighted by Gasteiger charge is 2.19. The first-order valence-electron chi connectivity index (χ1n) is 6.67. The first kappa shape index (κ1) is 18.0. The largest absolute Gasteiger partial charge is 0.510 e. The normalized spacial score (nSPS) is 11.8. The Morgan fingerprint density at radius 2 is 2.08 bits per heavy atom. The zero-order valence-electron chi connectivity index (χ0n) is 12.9. The topological polar surface area (TPSA) is 114 Å². The zero-order chi connectivity index (χ0) is 17.7. The second-order valence-corrected chi connectivity index (χ2v) is 5.96. The van der Waals surface area contributed by atoms with Gasteiger partial charge in [0, 0.05) is 10.7 Å². The minimum Gasteiger partial charge on any atom is -0.510 e. The van der Waals surface area contributed by atoms with Crippen LogP contribution in [-0.4, -0.2) is 49.9 Å². The second-order valence-electron chi connectivity index (χ2n) is 4.58. The number of thioether (sulfide) groups is 1. The molecule has 0 aliphatic carbocycles. The van der Waals surface area contributed by atoms with Crippen molar-refractivity contribution in [2.45, 2.75) is 12.1 Å². The lowest BCUT2D eigenvalue weighted by atomic mass is 10.1. The minimum atomic E-state index is -0.766. The molecule has 0 saturated carbocycles. The number of methoxy groups -OCH3 is 1. The molecule has 0 radical (unpaired) electrons. The fourth-order valence-electron chi connectivity index (χ4n) is 1.81. The molecule has 0 fully saturated rings. The molecule has 2 N–H and O–H groups in total. The fraction of sp³-hybridized carbons (Fsp3) is 0.214. The van der Waals surface area contributed by atoms with E-state index in [1.807, 2.05) is 0 Å². The Hall–Kier alpha value is -2.39. The van der Waals surface area contributed by atoms with E-state index in [9.17, 15) is 9.90 Å². The molecule has 10 heteroatoms. The number of aliphatic hydroxyl groups is 1. The van der Waals surface area contributed by atoms with Crippen molar-refractivity contribution in [3.8, 4) is 5.69 Å². The number of esters is 1. The predicted octanol–water partition coefficient (Wildman–Crippen LogP) is 2.43. The van der Waals surface area contributed by atoms with Gasteiger partial charge in [-0.05, 0) is 41.6 Å². The van der Waals surface area contributed by atoms with Crippen LogP contribution in [0.2, 0.25) is 5.02 Å². The number of aliphatic hydroxyl groups excluding tert-OH is 1. The number of nitrogens with one attached hydrogen (secondary N) is 1. The number of aromatic nitrogens is 4. The Kier molecular flexibility index (Phi) is 5.93. The van der Waals surface area contributed by atoms with Crippen molar-refractivity contribution in [2.24, 2.45) is 0 Å². The molecular formula is C14H14ClN5O3S. The van der Waals surface area contributed by atoms with Crippen LogP contribution in [0.4, 0.5) is 0 Å². The maximum Gasteiger partial charge on any atom is 0.343 e. The van der Waals surface area contributed by atoms with Gasteiger partial charge in [0.05, 0.1) is 18.6 Å². The molecular weight excluding hydrogens is 354 g/mol. The van der Waals surface area contributed by atoms with Gasteiger partial charge in [-0.15, -0.1) is 5.10 Å². The molecule has 126 valence electrons. The van der Waals surface area contributed by atoms with Crippen LogP contribution < -0.4 is 0 Å². The van der Waals surface area contributed by atoms with E-state index in [4.69, 9.17) is 17.0 Å². The van der Waals surface area contributed by atoms with Gasteiger partial charge in [0.25, 0.3) is 0 Å².